The smallest absolute Gasteiger partial charge is 0.351 e. The molecule has 0 radical (unpaired) electrons. The Morgan fingerprint density at radius 2 is 0.719 bits per heavy atom. The molecule has 806 valence electrons. The van der Waals surface area contributed by atoms with Crippen LogP contribution in [-0.2, 0) is 180 Å². The number of aromatic nitrogens is 18. The number of nitrogens with one attached hydrogen (secondary N) is 2. The largest absolute Gasteiger partial charge is 0.387 e. The minimum absolute atomic E-state index is 0.0277. The van der Waals surface area contributed by atoms with Gasteiger partial charge in [-0.15, -0.1) is 0 Å². The molecule has 15 rings (SSSR count). The third-order valence-corrected chi connectivity index (χ3v) is 31.5. The van der Waals surface area contributed by atoms with Gasteiger partial charge in [0, 0.05) is 77.3 Å². The van der Waals surface area contributed by atoms with Gasteiger partial charge in [-0.3, -0.25) is 65.1 Å². The molecule has 0 spiro atoms. The lowest BCUT2D eigenvalue weighted by atomic mass is 10.1. The van der Waals surface area contributed by atoms with E-state index < -0.39 is 236 Å². The maximum atomic E-state index is 14.2. The van der Waals surface area contributed by atoms with Gasteiger partial charge in [-0.05, 0) is 86.2 Å². The fraction of sp³-hybridized carbons (Fsp3) is 0.645. The minimum Gasteiger partial charge on any atom is -0.387 e. The summed E-state index contributed by atoms with van der Waals surface area (Å²) in [5, 5.41) is 12.0. The Morgan fingerprint density at radius 3 is 1.13 bits per heavy atom. The first kappa shape index (κ1) is 113. The van der Waals surface area contributed by atoms with Crippen LogP contribution in [-0.4, -0.2) is 355 Å². The zero-order chi connectivity index (χ0) is 105. The monoisotopic (exact) mass is 2250 g/mol. The third-order valence-electron chi connectivity index (χ3n) is 23.7. The second-order valence-electron chi connectivity index (χ2n) is 33.4. The van der Waals surface area contributed by atoms with Crippen LogP contribution in [0.2, 0.25) is 0 Å². The molecule has 6 aliphatic rings. The quantitative estimate of drug-likeness (QED) is 0.0152. The Balaban J connectivity index is 0.719. The number of hydrogen-bond acceptors (Lipinski definition) is 52. The maximum absolute atomic E-state index is 14.2. The summed E-state index contributed by atoms with van der Waals surface area (Å²) in [6.07, 6.45) is -23.6. The number of methoxy groups -OCH3 is 5. The average Bonchev–Trinajstić information content (AvgIpc) is 1.61. The first-order chi connectivity index (χ1) is 69.6. The molecule has 18 N–H and O–H groups in total. The van der Waals surface area contributed by atoms with Gasteiger partial charge in [-0.2, -0.15) is 15.0 Å². The van der Waals surface area contributed by atoms with Crippen LogP contribution < -0.4 is 56.9 Å². The topological polar surface area (TPSA) is 767 Å². The predicted octanol–water partition coefficient (Wildman–Crippen LogP) is -1.50. The number of aliphatic hydroxyl groups excluding tert-OH is 1. The molecule has 146 heavy (non-hydrogen) atoms. The van der Waals surface area contributed by atoms with Crippen LogP contribution in [0.5, 0.6) is 0 Å². The first-order valence-electron chi connectivity index (χ1n) is 44.6. The van der Waals surface area contributed by atoms with Crippen molar-refractivity contribution in [3.05, 3.63) is 119 Å². The Bertz CT molecular complexity index is 6650. The molecule has 0 bridgehead atoms. The normalized spacial score (nSPS) is 29.1. The van der Waals surface area contributed by atoms with Gasteiger partial charge in [0.25, 0.3) is 11.1 Å². The highest BCUT2D eigenvalue weighted by Crippen LogP contribution is 2.58. The number of ether oxygens (including phenoxy) is 16. The van der Waals surface area contributed by atoms with Crippen LogP contribution in [0.4, 0.5) is 29.2 Å². The highest BCUT2D eigenvalue weighted by atomic mass is 32.5. The van der Waals surface area contributed by atoms with Crippen LogP contribution in [0, 0.1) is 20.8 Å². The van der Waals surface area contributed by atoms with Crippen molar-refractivity contribution in [3.8, 4) is 0 Å². The van der Waals surface area contributed by atoms with Crippen LogP contribution in [0.15, 0.2) is 74.2 Å². The van der Waals surface area contributed by atoms with Crippen molar-refractivity contribution in [2.75, 3.05) is 163 Å². The van der Waals surface area contributed by atoms with E-state index >= 15 is 0 Å². The van der Waals surface area contributed by atoms with Crippen molar-refractivity contribution < 1.29 is 151 Å². The number of aryl methyl sites for hydroxylation is 3. The summed E-state index contributed by atoms with van der Waals surface area (Å²) >= 11 is 29.1. The number of nitrogens with two attached hydrogens (primary N) is 5. The molecule has 9 aromatic heterocycles. The molecule has 9 aromatic rings. The third kappa shape index (κ3) is 26.3. The standard InChI is InChI=1S/C76H110N23O37P5S5/c1-10-38-39(21-45(126-38)97-32-86-46-61(79)82-30-84-63(46)97)132-137(106,142)122-26-41-50(57(119-19-14-114-8)71(130-41)96-24-37(4)66(101)93-76(96)105)134-139(108,144)123-28-43-52(56(118-18-13-113-7)70(129-43)95-23-36(3)60(78)90-75(95)104)135-140(109,145)125-29-44-53(58(120-20-15-115-9)72(131-44)99-34-88-48-65(99)91-73(81)92-67(48)102)136-141(110,146)124-27-42-51(55(117-17-12-112-6)69(128-42)94-22-35(2)59(77)89-74(94)103)133-138(107,143)121-25-40-49(100)54(116-16-11-111-5)68(127-40)98-33-87-47-62(80)83-31-85-64(47)98/h22-24,30-34,38-45,49-58,68-72,100H,10-21,25-29H2,1-9H3,(H,106,142)(H,107,143)(H,108,144)(H,109,145)(H,110,146)(H2,77,89,103)(H2,78,90,104)(H2,79,82,84)(H2,80,83,85)(H,93,101,105)(H3,81,91,92,102)/t38-,39?,40-,41-,42-,43-,44-,45-,49?,50?,51?,52?,53?,54+,55+,56+,57+,58+,68-,69-,70-,71-,72-,137?,138?,139?,140?,141?/m1/s1. The molecule has 11 unspecified atom stereocenters. The molecular weight excluding hydrogens is 2140 g/mol. The lowest BCUT2D eigenvalue weighted by Gasteiger charge is -2.31. The lowest BCUT2D eigenvalue weighted by molar-refractivity contribution is -0.0835. The van der Waals surface area contributed by atoms with E-state index in [-0.39, 0.29) is 141 Å². The number of H-pyrrole nitrogens is 2. The highest BCUT2D eigenvalue weighted by molar-refractivity contribution is 8.08. The van der Waals surface area contributed by atoms with Crippen LogP contribution in [0.3, 0.4) is 0 Å². The van der Waals surface area contributed by atoms with Crippen molar-refractivity contribution in [2.24, 2.45) is 0 Å². The van der Waals surface area contributed by atoms with E-state index in [1.165, 1.54) is 102 Å². The number of nitrogen functional groups attached to an aromatic ring is 5. The average molecular weight is 2250 g/mol. The van der Waals surface area contributed by atoms with Crippen LogP contribution >= 0.6 is 33.6 Å². The number of imidazole rings is 3. The zero-order valence-electron chi connectivity index (χ0n) is 79.1. The second-order valence-corrected chi connectivity index (χ2v) is 47.3. The molecular formula is C76H110N23O37P5S5. The first-order valence-corrected chi connectivity index (χ1v) is 57.5. The summed E-state index contributed by atoms with van der Waals surface area (Å²) < 4.78 is 168. The Kier molecular flexibility index (Phi) is 37.8. The SMILES string of the molecule is CC[C@H]1O[C@@H](n2cnc3c(N)ncnc32)CC1OP(O)(=S)OC[C@H]1O[C@@H](n2cc(C)c(=O)[nH]c2=O)[C@@H](OCCOC)C1OP(O)(=S)OC[C@H]1O[C@@H](n2cc(C)c(N)nc2=O)[C@@H](OCCOC)C1OP(O)(=S)OC[C@H]1O[C@@H](n2cnc3c(=O)[nH]c(N)nc32)[C@@H](OCCOC)C1OP(O)(=S)OC[C@H]1O[C@@H](n2cc(C)c(N)nc2=O)[C@@H](OCCOC)C1OP(O)(=S)OC[C@H]1O[C@@H](n2cnc3c(N)ncnc32)[C@@H](OCCOC)C1O. The van der Waals surface area contributed by atoms with Gasteiger partial charge in [0.1, 0.15) is 133 Å². The van der Waals surface area contributed by atoms with E-state index in [4.69, 9.17) is 209 Å². The fourth-order valence-electron chi connectivity index (χ4n) is 16.8. The van der Waals surface area contributed by atoms with Crippen LogP contribution in [0.1, 0.15) is 73.8 Å². The van der Waals surface area contributed by atoms with Gasteiger partial charge in [-0.1, -0.05) is 6.92 Å². The maximum Gasteiger partial charge on any atom is 0.351 e. The van der Waals surface area contributed by atoms with Crippen molar-refractivity contribution >= 4 is 155 Å². The van der Waals surface area contributed by atoms with Gasteiger partial charge in [0.15, 0.2) is 65.2 Å². The second kappa shape index (κ2) is 48.9. The molecule has 60 nitrogen and oxygen atoms in total. The molecule has 6 aliphatic heterocycles. The van der Waals surface area contributed by atoms with Gasteiger partial charge < -0.3 is 161 Å². The lowest BCUT2D eigenvalue weighted by Crippen LogP contribution is -2.42. The minimum atomic E-state index is -5.07. The summed E-state index contributed by atoms with van der Waals surface area (Å²) in [6.45, 7) is -23.8. The molecule has 0 amide bonds. The Morgan fingerprint density at radius 1 is 0.377 bits per heavy atom. The zero-order valence-corrected chi connectivity index (χ0v) is 87.6. The van der Waals surface area contributed by atoms with Crippen LogP contribution in [0.25, 0.3) is 33.5 Å². The number of aromatic amines is 2. The van der Waals surface area contributed by atoms with E-state index in [0.29, 0.717) is 17.6 Å². The van der Waals surface area contributed by atoms with E-state index in [2.05, 4.69) is 59.8 Å². The van der Waals surface area contributed by atoms with E-state index in [1.54, 1.807) is 11.5 Å². The molecule has 0 saturated carbocycles. The number of hydrogen-bond donors (Lipinski definition) is 13. The molecule has 70 heteroatoms. The molecule has 28 atom stereocenters. The summed E-state index contributed by atoms with van der Waals surface area (Å²) in [7, 11) is 6.90. The number of anilines is 5. The van der Waals surface area contributed by atoms with Crippen molar-refractivity contribution in [1.82, 2.24) is 87.2 Å². The van der Waals surface area contributed by atoms with Crippen molar-refractivity contribution in [3.63, 3.8) is 0 Å². The number of aliphatic hydroxyl groups is 1. The summed E-state index contributed by atoms with van der Waals surface area (Å²) in [5.74, 6) is -0.554. The van der Waals surface area contributed by atoms with Gasteiger partial charge in [0.2, 0.25) is 5.95 Å². The van der Waals surface area contributed by atoms with Gasteiger partial charge in [0.05, 0.1) is 130 Å². The molecule has 0 aliphatic carbocycles. The summed E-state index contributed by atoms with van der Waals surface area (Å²) in [6, 6.07) is 0. The fourth-order valence-corrected chi connectivity index (χ4v) is 24.0. The van der Waals surface area contributed by atoms with E-state index in [9.17, 15) is 53.5 Å². The highest BCUT2D eigenvalue weighted by Gasteiger charge is 2.58. The van der Waals surface area contributed by atoms with Gasteiger partial charge in [-0.25, -0.2) is 49.3 Å². The summed E-state index contributed by atoms with van der Waals surface area (Å²) in [5.41, 5.74) is 27.3. The number of fused-ring (bicyclic) bond motifs is 3. The molecule has 0 aromatic carbocycles. The van der Waals surface area contributed by atoms with Crippen molar-refractivity contribution in [2.45, 2.75) is 182 Å². The number of rotatable bonds is 52. The van der Waals surface area contributed by atoms with E-state index in [0.717, 1.165) is 20.0 Å². The van der Waals surface area contributed by atoms with Gasteiger partial charge >= 0.3 is 50.7 Å². The molecule has 6 fully saturated rings. The molecule has 6 saturated heterocycles. The Labute approximate surface area is 852 Å². The number of nitrogens with zero attached hydrogens (tertiary/aromatic N) is 16. The Hall–Kier alpha value is -7.14. The van der Waals surface area contributed by atoms with E-state index in [1.807, 2.05) is 6.92 Å². The summed E-state index contributed by atoms with van der Waals surface area (Å²) in [4.78, 5) is 178. The predicted molar refractivity (Wildman–Crippen MR) is 522 cm³/mol. The molecule has 15 heterocycles. The van der Waals surface area contributed by atoms with Crippen molar-refractivity contribution in [1.29, 1.82) is 0 Å².